The number of hydrogen-bond acceptors (Lipinski definition) is 4. The molecular weight excluding hydrogens is 302 g/mol. The summed E-state index contributed by atoms with van der Waals surface area (Å²) in [6.07, 6.45) is 1.94. The monoisotopic (exact) mass is 329 g/mol. The van der Waals surface area contributed by atoms with Crippen LogP contribution in [0.25, 0.3) is 0 Å². The van der Waals surface area contributed by atoms with Gasteiger partial charge in [0.1, 0.15) is 12.4 Å². The number of benzene rings is 2. The maximum atomic E-state index is 5.72. The Morgan fingerprint density at radius 2 is 1.42 bits per heavy atom. The molecule has 0 saturated heterocycles. The van der Waals surface area contributed by atoms with Crippen LogP contribution in [0.1, 0.15) is 11.1 Å². The van der Waals surface area contributed by atoms with Gasteiger partial charge in [-0.3, -0.25) is 0 Å². The molecule has 0 aromatic heterocycles. The first-order chi connectivity index (χ1) is 11.6. The molecule has 24 heavy (non-hydrogen) atoms. The van der Waals surface area contributed by atoms with Crippen molar-refractivity contribution >= 4 is 0 Å². The van der Waals surface area contributed by atoms with Crippen LogP contribution in [-0.2, 0) is 12.8 Å². The molecule has 0 heterocycles. The van der Waals surface area contributed by atoms with Crippen molar-refractivity contribution in [2.45, 2.75) is 12.8 Å². The van der Waals surface area contributed by atoms with E-state index in [4.69, 9.17) is 14.2 Å². The fourth-order valence-corrected chi connectivity index (χ4v) is 2.42. The summed E-state index contributed by atoms with van der Waals surface area (Å²) in [6, 6.07) is 14.4. The SMILES string of the molecule is COc1ccc(CCc2ccc(OCCN(C)C)cc2)cc1OC. The van der Waals surface area contributed by atoms with Crippen molar-refractivity contribution in [3.05, 3.63) is 53.6 Å². The highest BCUT2D eigenvalue weighted by Crippen LogP contribution is 2.28. The van der Waals surface area contributed by atoms with E-state index >= 15 is 0 Å². The van der Waals surface area contributed by atoms with Crippen LogP contribution in [0.3, 0.4) is 0 Å². The van der Waals surface area contributed by atoms with Gasteiger partial charge in [-0.05, 0) is 62.3 Å². The normalized spacial score (nSPS) is 10.7. The molecule has 4 nitrogen and oxygen atoms in total. The van der Waals surface area contributed by atoms with E-state index in [-0.39, 0.29) is 0 Å². The summed E-state index contributed by atoms with van der Waals surface area (Å²) in [5.74, 6) is 2.46. The van der Waals surface area contributed by atoms with Crippen LogP contribution in [0.4, 0.5) is 0 Å². The third-order valence-corrected chi connectivity index (χ3v) is 3.88. The van der Waals surface area contributed by atoms with Crippen LogP contribution in [0.2, 0.25) is 0 Å². The third-order valence-electron chi connectivity index (χ3n) is 3.88. The summed E-state index contributed by atoms with van der Waals surface area (Å²) in [4.78, 5) is 2.11. The highest BCUT2D eigenvalue weighted by molar-refractivity contribution is 5.43. The second-order valence-electron chi connectivity index (χ2n) is 5.99. The van der Waals surface area contributed by atoms with Gasteiger partial charge in [-0.1, -0.05) is 18.2 Å². The summed E-state index contributed by atoms with van der Waals surface area (Å²) in [6.45, 7) is 1.62. The van der Waals surface area contributed by atoms with Gasteiger partial charge in [-0.25, -0.2) is 0 Å². The molecule has 0 aliphatic heterocycles. The highest BCUT2D eigenvalue weighted by Gasteiger charge is 2.05. The first-order valence-corrected chi connectivity index (χ1v) is 8.19. The summed E-state index contributed by atoms with van der Waals surface area (Å²) in [5, 5.41) is 0. The molecule has 0 saturated carbocycles. The molecule has 0 atom stereocenters. The van der Waals surface area contributed by atoms with Crippen molar-refractivity contribution < 1.29 is 14.2 Å². The maximum absolute atomic E-state index is 5.72. The molecule has 4 heteroatoms. The van der Waals surface area contributed by atoms with E-state index in [0.29, 0.717) is 6.61 Å². The molecule has 0 aliphatic rings. The maximum Gasteiger partial charge on any atom is 0.160 e. The first-order valence-electron chi connectivity index (χ1n) is 8.19. The molecule has 130 valence electrons. The predicted molar refractivity (Wildman–Crippen MR) is 97.4 cm³/mol. The largest absolute Gasteiger partial charge is 0.493 e. The Morgan fingerprint density at radius 3 is 2.04 bits per heavy atom. The summed E-state index contributed by atoms with van der Waals surface area (Å²) < 4.78 is 16.3. The summed E-state index contributed by atoms with van der Waals surface area (Å²) >= 11 is 0. The molecule has 0 fully saturated rings. The first kappa shape index (κ1) is 18.1. The van der Waals surface area contributed by atoms with Crippen LogP contribution in [0.5, 0.6) is 17.2 Å². The standard InChI is InChI=1S/C20H27NO3/c1-21(2)13-14-24-18-10-7-16(8-11-18)5-6-17-9-12-19(22-3)20(15-17)23-4/h7-12,15H,5-6,13-14H2,1-4H3. The van der Waals surface area contributed by atoms with Gasteiger partial charge in [0.15, 0.2) is 11.5 Å². The molecule has 2 aromatic carbocycles. The van der Waals surface area contributed by atoms with Crippen LogP contribution in [0, 0.1) is 0 Å². The van der Waals surface area contributed by atoms with Gasteiger partial charge in [0.25, 0.3) is 0 Å². The van der Waals surface area contributed by atoms with Crippen molar-refractivity contribution in [3.63, 3.8) is 0 Å². The average Bonchev–Trinajstić information content (AvgIpc) is 2.60. The minimum Gasteiger partial charge on any atom is -0.493 e. The third kappa shape index (κ3) is 5.46. The lowest BCUT2D eigenvalue weighted by molar-refractivity contribution is 0.261. The smallest absolute Gasteiger partial charge is 0.160 e. The molecular formula is C20H27NO3. The quantitative estimate of drug-likeness (QED) is 0.705. The van der Waals surface area contributed by atoms with Crippen molar-refractivity contribution in [2.75, 3.05) is 41.5 Å². The van der Waals surface area contributed by atoms with Crippen molar-refractivity contribution in [2.24, 2.45) is 0 Å². The molecule has 2 rings (SSSR count). The number of nitrogens with zero attached hydrogens (tertiary/aromatic N) is 1. The van der Waals surface area contributed by atoms with Crippen molar-refractivity contribution in [1.82, 2.24) is 4.90 Å². The van der Waals surface area contributed by atoms with E-state index in [2.05, 4.69) is 23.1 Å². The zero-order valence-corrected chi connectivity index (χ0v) is 15.0. The lowest BCUT2D eigenvalue weighted by atomic mass is 10.0. The number of likely N-dealkylation sites (N-methyl/N-ethyl adjacent to an activating group) is 1. The fourth-order valence-electron chi connectivity index (χ4n) is 2.42. The number of hydrogen-bond donors (Lipinski definition) is 0. The van der Waals surface area contributed by atoms with Gasteiger partial charge in [-0.2, -0.15) is 0 Å². The zero-order chi connectivity index (χ0) is 17.4. The van der Waals surface area contributed by atoms with E-state index in [9.17, 15) is 0 Å². The van der Waals surface area contributed by atoms with Gasteiger partial charge in [0, 0.05) is 6.54 Å². The second-order valence-corrected chi connectivity index (χ2v) is 5.99. The Labute approximate surface area is 145 Å². The van der Waals surface area contributed by atoms with Crippen LogP contribution >= 0.6 is 0 Å². The lowest BCUT2D eigenvalue weighted by Gasteiger charge is -2.11. The predicted octanol–water partition coefficient (Wildman–Crippen LogP) is 3.43. The topological polar surface area (TPSA) is 30.9 Å². The molecule has 0 radical (unpaired) electrons. The number of ether oxygens (including phenoxy) is 3. The number of rotatable bonds is 9. The van der Waals surface area contributed by atoms with Crippen LogP contribution < -0.4 is 14.2 Å². The van der Waals surface area contributed by atoms with E-state index in [1.807, 2.05) is 38.4 Å². The van der Waals surface area contributed by atoms with Gasteiger partial charge in [0.05, 0.1) is 14.2 Å². The van der Waals surface area contributed by atoms with Crippen molar-refractivity contribution in [3.8, 4) is 17.2 Å². The molecule has 0 unspecified atom stereocenters. The molecule has 0 bridgehead atoms. The minimum absolute atomic E-state index is 0.706. The van der Waals surface area contributed by atoms with Crippen LogP contribution in [0.15, 0.2) is 42.5 Å². The Hall–Kier alpha value is -2.20. The van der Waals surface area contributed by atoms with E-state index < -0.39 is 0 Å². The van der Waals surface area contributed by atoms with E-state index in [0.717, 1.165) is 36.6 Å². The Kier molecular flexibility index (Phi) is 6.94. The molecule has 0 amide bonds. The average molecular weight is 329 g/mol. The number of methoxy groups -OCH3 is 2. The lowest BCUT2D eigenvalue weighted by Crippen LogP contribution is -2.19. The van der Waals surface area contributed by atoms with Crippen molar-refractivity contribution in [1.29, 1.82) is 0 Å². The van der Waals surface area contributed by atoms with Gasteiger partial charge in [0.2, 0.25) is 0 Å². The van der Waals surface area contributed by atoms with Gasteiger partial charge >= 0.3 is 0 Å². The van der Waals surface area contributed by atoms with E-state index in [1.165, 1.54) is 11.1 Å². The fraction of sp³-hybridized carbons (Fsp3) is 0.400. The summed E-state index contributed by atoms with van der Waals surface area (Å²) in [5.41, 5.74) is 2.53. The Morgan fingerprint density at radius 1 is 0.792 bits per heavy atom. The minimum atomic E-state index is 0.706. The van der Waals surface area contributed by atoms with E-state index in [1.54, 1.807) is 14.2 Å². The Bertz CT molecular complexity index is 623. The Balaban J connectivity index is 1.88. The number of aryl methyl sites for hydroxylation is 2. The molecule has 0 aliphatic carbocycles. The van der Waals surface area contributed by atoms with Gasteiger partial charge in [-0.15, -0.1) is 0 Å². The molecule has 2 aromatic rings. The second kappa shape index (κ2) is 9.18. The van der Waals surface area contributed by atoms with Crippen LogP contribution in [-0.4, -0.2) is 46.4 Å². The van der Waals surface area contributed by atoms with Gasteiger partial charge < -0.3 is 19.1 Å². The highest BCUT2D eigenvalue weighted by atomic mass is 16.5. The summed E-state index contributed by atoms with van der Waals surface area (Å²) in [7, 11) is 7.40. The molecule has 0 spiro atoms. The zero-order valence-electron chi connectivity index (χ0n) is 15.0. The molecule has 0 N–H and O–H groups in total.